The number of carbonyl (C=O) groups is 1. The molecule has 4 nitrogen and oxygen atoms in total. The summed E-state index contributed by atoms with van der Waals surface area (Å²) < 4.78 is 0. The molecule has 118 valence electrons. The van der Waals surface area contributed by atoms with E-state index >= 15 is 0 Å². The van der Waals surface area contributed by atoms with Crippen molar-refractivity contribution in [1.29, 1.82) is 5.26 Å². The number of rotatable bonds is 4. The lowest BCUT2D eigenvalue weighted by Crippen LogP contribution is -2.14. The summed E-state index contributed by atoms with van der Waals surface area (Å²) in [6, 6.07) is 19.2. The van der Waals surface area contributed by atoms with Crippen molar-refractivity contribution in [1.82, 2.24) is 4.98 Å². The summed E-state index contributed by atoms with van der Waals surface area (Å²) in [6.45, 7) is 2.00. The molecule has 1 aromatic heterocycles. The fourth-order valence-corrected chi connectivity index (χ4v) is 3.06. The molecule has 5 heteroatoms. The highest BCUT2D eigenvalue weighted by atomic mass is 32.2. The lowest BCUT2D eigenvalue weighted by molar-refractivity contribution is -0.113. The third kappa shape index (κ3) is 3.73. The predicted molar refractivity (Wildman–Crippen MR) is 97.0 cm³/mol. The Labute approximate surface area is 144 Å². The third-order valence-electron chi connectivity index (χ3n) is 3.46. The number of hydrogen-bond acceptors (Lipinski definition) is 4. The van der Waals surface area contributed by atoms with Gasteiger partial charge >= 0.3 is 0 Å². The van der Waals surface area contributed by atoms with Crippen LogP contribution in [0.2, 0.25) is 0 Å². The summed E-state index contributed by atoms with van der Waals surface area (Å²) in [4.78, 5) is 16.6. The molecule has 0 atom stereocenters. The first-order valence-electron chi connectivity index (χ1n) is 7.45. The van der Waals surface area contributed by atoms with E-state index < -0.39 is 0 Å². The van der Waals surface area contributed by atoms with Crippen LogP contribution in [0.25, 0.3) is 10.9 Å². The second-order valence-electron chi connectivity index (χ2n) is 5.35. The summed E-state index contributed by atoms with van der Waals surface area (Å²) in [5.74, 6) is 0.0784. The van der Waals surface area contributed by atoms with Gasteiger partial charge in [-0.3, -0.25) is 4.79 Å². The Balaban J connectivity index is 1.76. The summed E-state index contributed by atoms with van der Waals surface area (Å²) in [7, 11) is 0. The second-order valence-corrected chi connectivity index (χ2v) is 6.32. The maximum atomic E-state index is 12.1. The number of nitriles is 1. The Hall–Kier alpha value is -2.84. The lowest BCUT2D eigenvalue weighted by Gasteiger charge is -2.07. The number of anilines is 1. The average molecular weight is 333 g/mol. The van der Waals surface area contributed by atoms with E-state index in [1.807, 2.05) is 61.5 Å². The average Bonchev–Trinajstić information content (AvgIpc) is 2.60. The van der Waals surface area contributed by atoms with Gasteiger partial charge in [0, 0.05) is 11.1 Å². The molecular weight excluding hydrogens is 318 g/mol. The number of nitrogens with zero attached hydrogens (tertiary/aromatic N) is 2. The third-order valence-corrected chi connectivity index (χ3v) is 4.45. The van der Waals surface area contributed by atoms with Crippen LogP contribution in [0.3, 0.4) is 0 Å². The van der Waals surface area contributed by atoms with Crippen LogP contribution in [0.5, 0.6) is 0 Å². The Morgan fingerprint density at radius 3 is 2.75 bits per heavy atom. The quantitative estimate of drug-likeness (QED) is 0.729. The van der Waals surface area contributed by atoms with Gasteiger partial charge in [-0.2, -0.15) is 5.26 Å². The second kappa shape index (κ2) is 7.16. The number of carbonyl (C=O) groups excluding carboxylic acids is 1. The number of thioether (sulfide) groups is 1. The molecular formula is C19H15N3OS. The van der Waals surface area contributed by atoms with Gasteiger partial charge in [0.25, 0.3) is 0 Å². The van der Waals surface area contributed by atoms with Crippen LogP contribution in [0.15, 0.2) is 59.6 Å². The summed E-state index contributed by atoms with van der Waals surface area (Å²) in [5, 5.41) is 13.7. The van der Waals surface area contributed by atoms with Crippen molar-refractivity contribution in [3.05, 3.63) is 65.7 Å². The van der Waals surface area contributed by atoms with Gasteiger partial charge in [-0.1, -0.05) is 42.1 Å². The van der Waals surface area contributed by atoms with Crippen molar-refractivity contribution in [3.63, 3.8) is 0 Å². The minimum Gasteiger partial charge on any atom is -0.325 e. The first kappa shape index (κ1) is 16.0. The van der Waals surface area contributed by atoms with Gasteiger partial charge in [0.1, 0.15) is 11.1 Å². The predicted octanol–water partition coefficient (Wildman–Crippen LogP) is 4.15. The van der Waals surface area contributed by atoms with Crippen LogP contribution >= 0.6 is 11.8 Å². The van der Waals surface area contributed by atoms with Crippen LogP contribution in [0.1, 0.15) is 11.1 Å². The zero-order chi connectivity index (χ0) is 16.9. The number of para-hydroxylation sites is 1. The molecule has 3 aromatic rings. The first-order chi connectivity index (χ1) is 11.7. The number of benzene rings is 2. The van der Waals surface area contributed by atoms with E-state index in [1.165, 1.54) is 11.8 Å². The van der Waals surface area contributed by atoms with Crippen molar-refractivity contribution in [3.8, 4) is 6.07 Å². The number of amides is 1. The molecule has 0 aliphatic heterocycles. The van der Waals surface area contributed by atoms with E-state index in [4.69, 9.17) is 0 Å². The SMILES string of the molecule is Cc1ccc2cc(C#N)c(SCC(=O)Nc3ccccc3)nc2c1. The van der Waals surface area contributed by atoms with Gasteiger partial charge in [-0.15, -0.1) is 0 Å². The number of aryl methyl sites for hydroxylation is 1. The topological polar surface area (TPSA) is 65.8 Å². The van der Waals surface area contributed by atoms with E-state index in [0.29, 0.717) is 10.6 Å². The number of nitrogens with one attached hydrogen (secondary N) is 1. The highest BCUT2D eigenvalue weighted by molar-refractivity contribution is 8.00. The van der Waals surface area contributed by atoms with Crippen LogP contribution in [0.4, 0.5) is 5.69 Å². The minimum absolute atomic E-state index is 0.124. The van der Waals surface area contributed by atoms with E-state index in [0.717, 1.165) is 22.2 Å². The number of aromatic nitrogens is 1. The fraction of sp³-hybridized carbons (Fsp3) is 0.105. The largest absolute Gasteiger partial charge is 0.325 e. The number of hydrogen-bond donors (Lipinski definition) is 1. The van der Waals surface area contributed by atoms with Gasteiger partial charge in [0.05, 0.1) is 16.8 Å². The summed E-state index contributed by atoms with van der Waals surface area (Å²) in [5.41, 5.74) is 3.19. The van der Waals surface area contributed by atoms with Crippen molar-refractivity contribution in [2.45, 2.75) is 11.9 Å². The number of pyridine rings is 1. The van der Waals surface area contributed by atoms with Gasteiger partial charge in [-0.25, -0.2) is 4.98 Å². The Bertz CT molecular complexity index is 932. The first-order valence-corrected chi connectivity index (χ1v) is 8.43. The highest BCUT2D eigenvalue weighted by Crippen LogP contribution is 2.25. The maximum absolute atomic E-state index is 12.1. The summed E-state index contributed by atoms with van der Waals surface area (Å²) >= 11 is 1.27. The van der Waals surface area contributed by atoms with E-state index in [2.05, 4.69) is 16.4 Å². The molecule has 0 bridgehead atoms. The fourth-order valence-electron chi connectivity index (χ4n) is 2.30. The lowest BCUT2D eigenvalue weighted by atomic mass is 10.1. The van der Waals surface area contributed by atoms with E-state index in [1.54, 1.807) is 0 Å². The molecule has 0 spiro atoms. The zero-order valence-electron chi connectivity index (χ0n) is 13.1. The van der Waals surface area contributed by atoms with Crippen molar-refractivity contribution in [2.24, 2.45) is 0 Å². The smallest absolute Gasteiger partial charge is 0.234 e. The Kier molecular flexibility index (Phi) is 4.78. The zero-order valence-corrected chi connectivity index (χ0v) is 13.9. The molecule has 24 heavy (non-hydrogen) atoms. The molecule has 0 unspecified atom stereocenters. The maximum Gasteiger partial charge on any atom is 0.234 e. The monoisotopic (exact) mass is 333 g/mol. The molecule has 1 amide bonds. The Morgan fingerprint density at radius 2 is 2.00 bits per heavy atom. The van der Waals surface area contributed by atoms with E-state index in [-0.39, 0.29) is 11.7 Å². The molecule has 1 N–H and O–H groups in total. The number of fused-ring (bicyclic) bond motifs is 1. The molecule has 0 aliphatic rings. The molecule has 0 saturated carbocycles. The standard InChI is InChI=1S/C19H15N3OS/c1-13-7-8-14-10-15(11-20)19(22-17(14)9-13)24-12-18(23)21-16-5-3-2-4-6-16/h2-10H,12H2,1H3,(H,21,23). The molecule has 0 aliphatic carbocycles. The Morgan fingerprint density at radius 1 is 1.21 bits per heavy atom. The molecule has 3 rings (SSSR count). The van der Waals surface area contributed by atoms with Gasteiger partial charge < -0.3 is 5.32 Å². The van der Waals surface area contributed by atoms with Crippen LogP contribution < -0.4 is 5.32 Å². The summed E-state index contributed by atoms with van der Waals surface area (Å²) in [6.07, 6.45) is 0. The van der Waals surface area contributed by atoms with Crippen LogP contribution in [-0.4, -0.2) is 16.6 Å². The van der Waals surface area contributed by atoms with Gasteiger partial charge in [-0.05, 0) is 36.8 Å². The molecule has 0 saturated heterocycles. The van der Waals surface area contributed by atoms with E-state index in [9.17, 15) is 10.1 Å². The van der Waals surface area contributed by atoms with Crippen LogP contribution in [0, 0.1) is 18.3 Å². The normalized spacial score (nSPS) is 10.3. The van der Waals surface area contributed by atoms with Gasteiger partial charge in [0.2, 0.25) is 5.91 Å². The molecule has 0 radical (unpaired) electrons. The van der Waals surface area contributed by atoms with Gasteiger partial charge in [0.15, 0.2) is 0 Å². The van der Waals surface area contributed by atoms with Crippen molar-refractivity contribution >= 4 is 34.3 Å². The molecule has 0 fully saturated rings. The van der Waals surface area contributed by atoms with Crippen LogP contribution in [-0.2, 0) is 4.79 Å². The molecule has 1 heterocycles. The molecule has 2 aromatic carbocycles. The minimum atomic E-state index is -0.124. The highest BCUT2D eigenvalue weighted by Gasteiger charge is 2.10. The van der Waals surface area contributed by atoms with Crippen molar-refractivity contribution in [2.75, 3.05) is 11.1 Å². The van der Waals surface area contributed by atoms with Crippen molar-refractivity contribution < 1.29 is 4.79 Å².